The monoisotopic (exact) mass is 325 g/mol. The maximum Gasteiger partial charge on any atom is 0.164 e. The van der Waals surface area contributed by atoms with Crippen LogP contribution in [0.1, 0.15) is 41.7 Å². The van der Waals surface area contributed by atoms with Crippen LogP contribution in [0.3, 0.4) is 0 Å². The molecule has 3 heterocycles. The minimum atomic E-state index is 0.246. The van der Waals surface area contributed by atoms with E-state index in [1.807, 2.05) is 24.5 Å². The predicted octanol–water partition coefficient (Wildman–Crippen LogP) is 2.87. The SMILES string of the molecule is O=C1CCCc2c1ccn2-c1cnccc1OCCN1CCCC1. The van der Waals surface area contributed by atoms with E-state index in [2.05, 4.69) is 14.5 Å². The average molecular weight is 325 g/mol. The number of carbonyl (C=O) groups is 1. The van der Waals surface area contributed by atoms with Crippen LogP contribution in [0.5, 0.6) is 5.75 Å². The summed E-state index contributed by atoms with van der Waals surface area (Å²) < 4.78 is 8.13. The van der Waals surface area contributed by atoms with Gasteiger partial charge in [0.2, 0.25) is 0 Å². The van der Waals surface area contributed by atoms with Gasteiger partial charge in [-0.15, -0.1) is 0 Å². The molecule has 0 unspecified atom stereocenters. The molecule has 0 spiro atoms. The number of aromatic nitrogens is 2. The summed E-state index contributed by atoms with van der Waals surface area (Å²) in [4.78, 5) is 18.8. The van der Waals surface area contributed by atoms with Crippen LogP contribution in [0, 0.1) is 0 Å². The van der Waals surface area contributed by atoms with Gasteiger partial charge in [0.05, 0.1) is 6.20 Å². The first-order chi connectivity index (χ1) is 11.8. The Hall–Kier alpha value is -2.14. The van der Waals surface area contributed by atoms with Gasteiger partial charge in [0, 0.05) is 42.7 Å². The van der Waals surface area contributed by atoms with Gasteiger partial charge in [0.15, 0.2) is 5.78 Å². The van der Waals surface area contributed by atoms with E-state index in [-0.39, 0.29) is 5.78 Å². The van der Waals surface area contributed by atoms with Crippen molar-refractivity contribution in [3.63, 3.8) is 0 Å². The number of hydrogen-bond acceptors (Lipinski definition) is 4. The predicted molar refractivity (Wildman–Crippen MR) is 92.0 cm³/mol. The fraction of sp³-hybridized carbons (Fsp3) is 0.474. The van der Waals surface area contributed by atoms with Crippen LogP contribution < -0.4 is 4.74 Å². The molecular formula is C19H23N3O2. The van der Waals surface area contributed by atoms with Crippen molar-refractivity contribution in [1.82, 2.24) is 14.5 Å². The zero-order chi connectivity index (χ0) is 16.4. The molecule has 0 bridgehead atoms. The Morgan fingerprint density at radius 3 is 2.88 bits per heavy atom. The van der Waals surface area contributed by atoms with E-state index < -0.39 is 0 Å². The zero-order valence-corrected chi connectivity index (χ0v) is 13.9. The minimum Gasteiger partial charge on any atom is -0.490 e. The maximum absolute atomic E-state index is 12.1. The second kappa shape index (κ2) is 6.77. The van der Waals surface area contributed by atoms with Gasteiger partial charge in [0.25, 0.3) is 0 Å². The van der Waals surface area contributed by atoms with E-state index in [0.29, 0.717) is 13.0 Å². The van der Waals surface area contributed by atoms with Crippen molar-refractivity contribution < 1.29 is 9.53 Å². The van der Waals surface area contributed by atoms with E-state index in [1.165, 1.54) is 25.9 Å². The summed E-state index contributed by atoms with van der Waals surface area (Å²) in [5, 5.41) is 0. The molecule has 0 aromatic carbocycles. The summed E-state index contributed by atoms with van der Waals surface area (Å²) in [6.45, 7) is 4.00. The number of ketones is 1. The van der Waals surface area contributed by atoms with Crippen LogP contribution in [0.2, 0.25) is 0 Å². The van der Waals surface area contributed by atoms with Crippen molar-refractivity contribution in [2.24, 2.45) is 0 Å². The molecule has 1 fully saturated rings. The largest absolute Gasteiger partial charge is 0.490 e. The van der Waals surface area contributed by atoms with Gasteiger partial charge in [-0.1, -0.05) is 0 Å². The third-order valence-corrected chi connectivity index (χ3v) is 4.99. The number of likely N-dealkylation sites (tertiary alicyclic amines) is 1. The summed E-state index contributed by atoms with van der Waals surface area (Å²) in [6.07, 6.45) is 10.6. The number of Topliss-reactive ketones (excluding diaryl/α,β-unsaturated/α-hetero) is 1. The first kappa shape index (κ1) is 15.4. The highest BCUT2D eigenvalue weighted by Gasteiger charge is 2.22. The van der Waals surface area contributed by atoms with Crippen molar-refractivity contribution >= 4 is 5.78 Å². The van der Waals surface area contributed by atoms with Gasteiger partial charge in [-0.25, -0.2) is 0 Å². The molecule has 2 aromatic heterocycles. The molecule has 0 amide bonds. The molecule has 0 atom stereocenters. The van der Waals surface area contributed by atoms with E-state index in [1.54, 1.807) is 6.20 Å². The Morgan fingerprint density at radius 1 is 1.12 bits per heavy atom. The quantitative estimate of drug-likeness (QED) is 0.848. The highest BCUT2D eigenvalue weighted by atomic mass is 16.5. The van der Waals surface area contributed by atoms with Crippen LogP contribution in [0.25, 0.3) is 5.69 Å². The summed E-state index contributed by atoms with van der Waals surface area (Å²) in [5.41, 5.74) is 2.87. The molecule has 5 heteroatoms. The lowest BCUT2D eigenvalue weighted by molar-refractivity contribution is 0.0972. The van der Waals surface area contributed by atoms with Gasteiger partial charge in [-0.05, 0) is 44.8 Å². The van der Waals surface area contributed by atoms with E-state index >= 15 is 0 Å². The van der Waals surface area contributed by atoms with Crippen LogP contribution in [-0.2, 0) is 6.42 Å². The first-order valence-electron chi connectivity index (χ1n) is 8.86. The number of nitrogens with zero attached hydrogens (tertiary/aromatic N) is 3. The Bertz CT molecular complexity index is 732. The lowest BCUT2D eigenvalue weighted by Gasteiger charge is -2.19. The molecule has 2 aromatic rings. The number of ether oxygens (including phenoxy) is 1. The summed E-state index contributed by atoms with van der Waals surface area (Å²) >= 11 is 0. The second-order valence-corrected chi connectivity index (χ2v) is 6.56. The van der Waals surface area contributed by atoms with Crippen molar-refractivity contribution in [3.8, 4) is 11.4 Å². The highest BCUT2D eigenvalue weighted by Crippen LogP contribution is 2.29. The Balaban J connectivity index is 1.54. The molecule has 1 aliphatic carbocycles. The van der Waals surface area contributed by atoms with Crippen molar-refractivity contribution in [2.45, 2.75) is 32.1 Å². The fourth-order valence-corrected chi connectivity index (χ4v) is 3.72. The van der Waals surface area contributed by atoms with Crippen molar-refractivity contribution in [3.05, 3.63) is 42.0 Å². The standard InChI is InChI=1S/C19H23N3O2/c23-18-5-3-4-16-15(18)7-11-22(16)17-14-20-8-6-19(17)24-13-12-21-9-1-2-10-21/h6-8,11,14H,1-5,9-10,12-13H2. The topological polar surface area (TPSA) is 47.4 Å². The third kappa shape index (κ3) is 2.96. The zero-order valence-electron chi connectivity index (χ0n) is 13.9. The van der Waals surface area contributed by atoms with E-state index in [0.717, 1.165) is 42.1 Å². The summed E-state index contributed by atoms with van der Waals surface area (Å²) in [7, 11) is 0. The molecule has 5 nitrogen and oxygen atoms in total. The summed E-state index contributed by atoms with van der Waals surface area (Å²) in [6, 6.07) is 3.84. The molecule has 4 rings (SSSR count). The van der Waals surface area contributed by atoms with Gasteiger partial charge in [-0.3, -0.25) is 14.7 Å². The molecule has 24 heavy (non-hydrogen) atoms. The summed E-state index contributed by atoms with van der Waals surface area (Å²) in [5.74, 6) is 1.08. The molecule has 0 saturated carbocycles. The normalized spacial score (nSPS) is 17.9. The number of pyridine rings is 1. The number of rotatable bonds is 5. The number of fused-ring (bicyclic) bond motifs is 1. The molecule has 1 saturated heterocycles. The van der Waals surface area contributed by atoms with Crippen LogP contribution in [0.4, 0.5) is 0 Å². The lowest BCUT2D eigenvalue weighted by atomic mass is 9.97. The molecule has 2 aliphatic rings. The van der Waals surface area contributed by atoms with Gasteiger partial charge in [0.1, 0.15) is 18.0 Å². The van der Waals surface area contributed by atoms with Crippen LogP contribution in [0.15, 0.2) is 30.7 Å². The molecule has 0 radical (unpaired) electrons. The third-order valence-electron chi connectivity index (χ3n) is 4.99. The van der Waals surface area contributed by atoms with Crippen molar-refractivity contribution in [1.29, 1.82) is 0 Å². The molecule has 1 aliphatic heterocycles. The minimum absolute atomic E-state index is 0.246. The van der Waals surface area contributed by atoms with E-state index in [4.69, 9.17) is 4.74 Å². The van der Waals surface area contributed by atoms with Crippen LogP contribution >= 0.6 is 0 Å². The first-order valence-corrected chi connectivity index (χ1v) is 8.86. The van der Waals surface area contributed by atoms with E-state index in [9.17, 15) is 4.79 Å². The lowest BCUT2D eigenvalue weighted by Crippen LogP contribution is -2.25. The molecule has 126 valence electrons. The second-order valence-electron chi connectivity index (χ2n) is 6.56. The molecule has 0 N–H and O–H groups in total. The Morgan fingerprint density at radius 2 is 2.00 bits per heavy atom. The average Bonchev–Trinajstić information content (AvgIpc) is 3.26. The smallest absolute Gasteiger partial charge is 0.164 e. The number of carbonyl (C=O) groups excluding carboxylic acids is 1. The van der Waals surface area contributed by atoms with Gasteiger partial charge >= 0.3 is 0 Å². The molecular weight excluding hydrogens is 302 g/mol. The maximum atomic E-state index is 12.1. The van der Waals surface area contributed by atoms with Crippen molar-refractivity contribution in [2.75, 3.05) is 26.2 Å². The Kier molecular flexibility index (Phi) is 4.34. The fourth-order valence-electron chi connectivity index (χ4n) is 3.72. The van der Waals surface area contributed by atoms with Gasteiger partial charge < -0.3 is 9.30 Å². The number of hydrogen-bond donors (Lipinski definition) is 0. The van der Waals surface area contributed by atoms with Gasteiger partial charge in [-0.2, -0.15) is 0 Å². The van der Waals surface area contributed by atoms with Crippen LogP contribution in [-0.4, -0.2) is 46.5 Å². The Labute approximate surface area is 142 Å². The highest BCUT2D eigenvalue weighted by molar-refractivity contribution is 5.98.